The van der Waals surface area contributed by atoms with Crippen molar-refractivity contribution < 1.29 is 9.84 Å². The van der Waals surface area contributed by atoms with Crippen LogP contribution in [0.3, 0.4) is 0 Å². The smallest absolute Gasteiger partial charge is 0.127 e. The summed E-state index contributed by atoms with van der Waals surface area (Å²) >= 11 is 0. The molecule has 0 heterocycles. The molecule has 3 heteroatoms. The third kappa shape index (κ3) is 3.83. The van der Waals surface area contributed by atoms with E-state index in [0.717, 1.165) is 16.9 Å². The van der Waals surface area contributed by atoms with Gasteiger partial charge in [0.15, 0.2) is 0 Å². The molecule has 1 unspecified atom stereocenters. The molecule has 0 saturated heterocycles. The van der Waals surface area contributed by atoms with Crippen molar-refractivity contribution in [2.75, 3.05) is 13.2 Å². The highest BCUT2D eigenvalue weighted by molar-refractivity contribution is 5.70. The van der Waals surface area contributed by atoms with E-state index in [1.165, 1.54) is 0 Å². The minimum atomic E-state index is -0.873. The Hall–Kier alpha value is -1.84. The topological polar surface area (TPSA) is 55.5 Å². The molecular weight excluding hydrogens is 250 g/mol. The molecule has 0 spiro atoms. The zero-order valence-corrected chi connectivity index (χ0v) is 11.8. The van der Waals surface area contributed by atoms with Gasteiger partial charge in [-0.2, -0.15) is 0 Å². The van der Waals surface area contributed by atoms with E-state index in [-0.39, 0.29) is 6.54 Å². The van der Waals surface area contributed by atoms with Crippen LogP contribution in [-0.2, 0) is 0 Å². The molecule has 3 N–H and O–H groups in total. The molecule has 0 aliphatic carbocycles. The summed E-state index contributed by atoms with van der Waals surface area (Å²) < 4.78 is 5.81. The van der Waals surface area contributed by atoms with Crippen molar-refractivity contribution in [2.24, 2.45) is 5.73 Å². The predicted molar refractivity (Wildman–Crippen MR) is 81.7 cm³/mol. The maximum absolute atomic E-state index is 9.88. The van der Waals surface area contributed by atoms with E-state index in [9.17, 15) is 5.11 Å². The van der Waals surface area contributed by atoms with Gasteiger partial charge < -0.3 is 15.6 Å². The van der Waals surface area contributed by atoms with Crippen molar-refractivity contribution in [3.8, 4) is 16.9 Å². The van der Waals surface area contributed by atoms with E-state index in [4.69, 9.17) is 10.5 Å². The number of rotatable bonds is 6. The normalized spacial score (nSPS) is 13.8. The van der Waals surface area contributed by atoms with Crippen molar-refractivity contribution in [1.82, 2.24) is 0 Å². The monoisotopic (exact) mass is 271 g/mol. The van der Waals surface area contributed by atoms with Crippen LogP contribution in [0.25, 0.3) is 11.1 Å². The molecule has 0 bridgehead atoms. The van der Waals surface area contributed by atoms with E-state index in [0.29, 0.717) is 13.0 Å². The van der Waals surface area contributed by atoms with Crippen LogP contribution in [0.15, 0.2) is 54.6 Å². The summed E-state index contributed by atoms with van der Waals surface area (Å²) in [6.07, 6.45) is 0.507. The van der Waals surface area contributed by atoms with E-state index >= 15 is 0 Å². The lowest BCUT2D eigenvalue weighted by Gasteiger charge is -2.21. The van der Waals surface area contributed by atoms with Crippen molar-refractivity contribution in [2.45, 2.75) is 18.9 Å². The van der Waals surface area contributed by atoms with Crippen LogP contribution in [0.2, 0.25) is 0 Å². The highest BCUT2D eigenvalue weighted by Gasteiger charge is 2.18. The molecule has 0 saturated carbocycles. The molecule has 0 aromatic heterocycles. The van der Waals surface area contributed by atoms with Crippen LogP contribution in [0.4, 0.5) is 0 Å². The molecule has 20 heavy (non-hydrogen) atoms. The average Bonchev–Trinajstić information content (AvgIpc) is 2.48. The highest BCUT2D eigenvalue weighted by Crippen LogP contribution is 2.29. The SMILES string of the molecule is CC(O)(CN)CCOc1ccccc1-c1ccccc1. The zero-order valence-electron chi connectivity index (χ0n) is 11.8. The van der Waals surface area contributed by atoms with Gasteiger partial charge in [-0.25, -0.2) is 0 Å². The Balaban J connectivity index is 2.10. The number of ether oxygens (including phenoxy) is 1. The van der Waals surface area contributed by atoms with Crippen molar-refractivity contribution in [3.05, 3.63) is 54.6 Å². The molecule has 106 valence electrons. The molecule has 3 nitrogen and oxygen atoms in total. The maximum atomic E-state index is 9.88. The number of para-hydroxylation sites is 1. The Bertz CT molecular complexity index is 538. The molecule has 1 atom stereocenters. The number of hydrogen-bond acceptors (Lipinski definition) is 3. The molecular formula is C17H21NO2. The van der Waals surface area contributed by atoms with Gasteiger partial charge in [0.2, 0.25) is 0 Å². The highest BCUT2D eigenvalue weighted by atomic mass is 16.5. The fraction of sp³-hybridized carbons (Fsp3) is 0.294. The van der Waals surface area contributed by atoms with E-state index < -0.39 is 5.60 Å². The number of nitrogens with two attached hydrogens (primary N) is 1. The summed E-state index contributed by atoms with van der Waals surface area (Å²) in [7, 11) is 0. The second-order valence-corrected chi connectivity index (χ2v) is 5.16. The first kappa shape index (κ1) is 14.6. The Morgan fingerprint density at radius 2 is 1.70 bits per heavy atom. The summed E-state index contributed by atoms with van der Waals surface area (Å²) in [5.41, 5.74) is 6.80. The van der Waals surface area contributed by atoms with Gasteiger partial charge in [-0.1, -0.05) is 48.5 Å². The van der Waals surface area contributed by atoms with E-state index in [2.05, 4.69) is 12.1 Å². The first-order valence-corrected chi connectivity index (χ1v) is 6.82. The predicted octanol–water partition coefficient (Wildman–Crippen LogP) is 2.83. The van der Waals surface area contributed by atoms with Crippen LogP contribution in [0.1, 0.15) is 13.3 Å². The lowest BCUT2D eigenvalue weighted by molar-refractivity contribution is 0.0454. The standard InChI is InChI=1S/C17H21NO2/c1-17(19,13-18)11-12-20-16-10-6-5-9-15(16)14-7-3-2-4-8-14/h2-10,19H,11-13,18H2,1H3. The number of hydrogen-bond donors (Lipinski definition) is 2. The van der Waals surface area contributed by atoms with Crippen LogP contribution >= 0.6 is 0 Å². The van der Waals surface area contributed by atoms with E-state index in [1.54, 1.807) is 6.92 Å². The summed E-state index contributed by atoms with van der Waals surface area (Å²) in [6, 6.07) is 18.0. The fourth-order valence-corrected chi connectivity index (χ4v) is 1.93. The minimum absolute atomic E-state index is 0.233. The summed E-state index contributed by atoms with van der Waals surface area (Å²) in [4.78, 5) is 0. The maximum Gasteiger partial charge on any atom is 0.127 e. The second kappa shape index (κ2) is 6.55. The van der Waals surface area contributed by atoms with E-state index in [1.807, 2.05) is 42.5 Å². The third-order valence-electron chi connectivity index (χ3n) is 3.31. The van der Waals surface area contributed by atoms with Gasteiger partial charge in [0.1, 0.15) is 5.75 Å². The molecule has 0 amide bonds. The molecule has 2 aromatic rings. The number of benzene rings is 2. The van der Waals surface area contributed by atoms with Gasteiger partial charge in [0, 0.05) is 18.5 Å². The lowest BCUT2D eigenvalue weighted by atomic mass is 10.0. The first-order chi connectivity index (χ1) is 9.62. The fourth-order valence-electron chi connectivity index (χ4n) is 1.93. The van der Waals surface area contributed by atoms with Crippen LogP contribution in [-0.4, -0.2) is 23.9 Å². The Kier molecular flexibility index (Phi) is 4.77. The van der Waals surface area contributed by atoms with Crippen LogP contribution in [0.5, 0.6) is 5.75 Å². The quantitative estimate of drug-likeness (QED) is 0.849. The lowest BCUT2D eigenvalue weighted by Crippen LogP contribution is -2.35. The summed E-state index contributed by atoms with van der Waals surface area (Å²) in [5, 5.41) is 9.88. The minimum Gasteiger partial charge on any atom is -0.493 e. The molecule has 2 rings (SSSR count). The second-order valence-electron chi connectivity index (χ2n) is 5.16. The van der Waals surface area contributed by atoms with Crippen LogP contribution in [0, 0.1) is 0 Å². The Morgan fingerprint density at radius 1 is 1.05 bits per heavy atom. The summed E-state index contributed by atoms with van der Waals surface area (Å²) in [6.45, 7) is 2.39. The Labute approximate surface area is 120 Å². The zero-order chi connectivity index (χ0) is 14.4. The first-order valence-electron chi connectivity index (χ1n) is 6.82. The van der Waals surface area contributed by atoms with Crippen molar-refractivity contribution >= 4 is 0 Å². The van der Waals surface area contributed by atoms with Gasteiger partial charge in [0.05, 0.1) is 12.2 Å². The van der Waals surface area contributed by atoms with Gasteiger partial charge >= 0.3 is 0 Å². The average molecular weight is 271 g/mol. The number of aliphatic hydroxyl groups is 1. The largest absolute Gasteiger partial charge is 0.493 e. The molecule has 0 aliphatic rings. The van der Waals surface area contributed by atoms with Gasteiger partial charge in [-0.3, -0.25) is 0 Å². The molecule has 0 fully saturated rings. The van der Waals surface area contributed by atoms with Crippen molar-refractivity contribution in [1.29, 1.82) is 0 Å². The van der Waals surface area contributed by atoms with Gasteiger partial charge in [0.25, 0.3) is 0 Å². The molecule has 2 aromatic carbocycles. The molecule has 0 radical (unpaired) electrons. The Morgan fingerprint density at radius 3 is 2.40 bits per heavy atom. The van der Waals surface area contributed by atoms with Crippen LogP contribution < -0.4 is 10.5 Å². The van der Waals surface area contributed by atoms with Gasteiger partial charge in [-0.15, -0.1) is 0 Å². The van der Waals surface area contributed by atoms with Gasteiger partial charge in [-0.05, 0) is 18.6 Å². The summed E-state index contributed by atoms with van der Waals surface area (Å²) in [5.74, 6) is 0.825. The molecule has 0 aliphatic heterocycles. The van der Waals surface area contributed by atoms with Crippen molar-refractivity contribution in [3.63, 3.8) is 0 Å². The third-order valence-corrected chi connectivity index (χ3v) is 3.31.